The molecule has 1 aromatic carbocycles. The highest BCUT2D eigenvalue weighted by Crippen LogP contribution is 2.10. The third-order valence-corrected chi connectivity index (χ3v) is 3.21. The van der Waals surface area contributed by atoms with Crippen LogP contribution in [-0.2, 0) is 6.54 Å². The van der Waals surface area contributed by atoms with Crippen molar-refractivity contribution in [1.82, 2.24) is 20.1 Å². The lowest BCUT2D eigenvalue weighted by atomic mass is 10.1. The Morgan fingerprint density at radius 3 is 2.68 bits per heavy atom. The summed E-state index contributed by atoms with van der Waals surface area (Å²) < 4.78 is 15.1. The fourth-order valence-electron chi connectivity index (χ4n) is 2.02. The molecule has 2 rings (SSSR count). The Kier molecular flexibility index (Phi) is 4.75. The van der Waals surface area contributed by atoms with Crippen molar-refractivity contribution in [2.75, 3.05) is 5.32 Å². The molecule has 0 atom stereocenters. The number of nitrogens with one attached hydrogen (secondary N) is 2. The normalized spacial score (nSPS) is 10.8. The monoisotopic (exact) mass is 305 g/mol. The van der Waals surface area contributed by atoms with Crippen molar-refractivity contribution < 1.29 is 9.18 Å². The van der Waals surface area contributed by atoms with Crippen molar-refractivity contribution in [3.63, 3.8) is 0 Å². The van der Waals surface area contributed by atoms with Gasteiger partial charge in [-0.3, -0.25) is 5.32 Å². The Morgan fingerprint density at radius 2 is 2.09 bits per heavy atom. The second-order valence-corrected chi connectivity index (χ2v) is 5.41. The topological polar surface area (TPSA) is 71.8 Å². The molecule has 0 aliphatic rings. The summed E-state index contributed by atoms with van der Waals surface area (Å²) in [5.74, 6) is 0.692. The molecule has 0 aliphatic heterocycles. The van der Waals surface area contributed by atoms with E-state index < -0.39 is 6.03 Å². The van der Waals surface area contributed by atoms with E-state index >= 15 is 0 Å². The molecule has 0 spiro atoms. The van der Waals surface area contributed by atoms with Gasteiger partial charge < -0.3 is 5.32 Å². The van der Waals surface area contributed by atoms with Gasteiger partial charge in [0.15, 0.2) is 0 Å². The van der Waals surface area contributed by atoms with Crippen LogP contribution < -0.4 is 10.6 Å². The predicted molar refractivity (Wildman–Crippen MR) is 82.1 cm³/mol. The number of amides is 2. The minimum atomic E-state index is -0.429. The molecule has 2 N–H and O–H groups in total. The Bertz CT molecular complexity index is 681. The molecule has 22 heavy (non-hydrogen) atoms. The third kappa shape index (κ3) is 3.81. The second-order valence-electron chi connectivity index (χ2n) is 5.41. The van der Waals surface area contributed by atoms with E-state index in [0.29, 0.717) is 11.1 Å². The maximum Gasteiger partial charge on any atom is 0.321 e. The average molecular weight is 305 g/mol. The van der Waals surface area contributed by atoms with Gasteiger partial charge in [-0.25, -0.2) is 13.9 Å². The lowest BCUT2D eigenvalue weighted by molar-refractivity contribution is 0.251. The lowest BCUT2D eigenvalue weighted by Gasteiger charge is -2.07. The van der Waals surface area contributed by atoms with Gasteiger partial charge in [0.2, 0.25) is 5.95 Å². The van der Waals surface area contributed by atoms with Gasteiger partial charge in [0.05, 0.1) is 0 Å². The van der Waals surface area contributed by atoms with Gasteiger partial charge in [-0.05, 0) is 44.9 Å². The number of hydrogen-bond donors (Lipinski definition) is 2. The molecule has 6 nitrogen and oxygen atoms in total. The SMILES string of the molecule is Cc1ccc(CNC(=O)Nc2nc(C)n(C(C)C)n2)cc1F. The van der Waals surface area contributed by atoms with Gasteiger partial charge in [-0.15, -0.1) is 5.10 Å². The number of benzene rings is 1. The van der Waals surface area contributed by atoms with Crippen molar-refractivity contribution in [2.45, 2.75) is 40.3 Å². The summed E-state index contributed by atoms with van der Waals surface area (Å²) in [7, 11) is 0. The van der Waals surface area contributed by atoms with Crippen LogP contribution in [0, 0.1) is 19.7 Å². The molecule has 0 fully saturated rings. The molecule has 2 amide bonds. The molecule has 0 saturated carbocycles. The summed E-state index contributed by atoms with van der Waals surface area (Å²) in [6.45, 7) is 7.71. The molecule has 7 heteroatoms. The molecule has 0 unspecified atom stereocenters. The van der Waals surface area contributed by atoms with Crippen LogP contribution in [0.15, 0.2) is 18.2 Å². The fraction of sp³-hybridized carbons (Fsp3) is 0.400. The van der Waals surface area contributed by atoms with Crippen LogP contribution in [0.4, 0.5) is 15.1 Å². The summed E-state index contributed by atoms with van der Waals surface area (Å²) in [6.07, 6.45) is 0. The quantitative estimate of drug-likeness (QED) is 0.912. The van der Waals surface area contributed by atoms with Crippen molar-refractivity contribution >= 4 is 12.0 Å². The summed E-state index contributed by atoms with van der Waals surface area (Å²) in [6, 6.07) is 4.60. The van der Waals surface area contributed by atoms with Crippen LogP contribution in [0.5, 0.6) is 0 Å². The Hall–Kier alpha value is -2.44. The summed E-state index contributed by atoms with van der Waals surface area (Å²) >= 11 is 0. The van der Waals surface area contributed by atoms with Crippen LogP contribution >= 0.6 is 0 Å². The first kappa shape index (κ1) is 15.9. The summed E-state index contributed by atoms with van der Waals surface area (Å²) in [4.78, 5) is 16.0. The van der Waals surface area contributed by atoms with Gasteiger partial charge in [0.25, 0.3) is 0 Å². The first-order valence-corrected chi connectivity index (χ1v) is 7.10. The molecule has 118 valence electrons. The number of carbonyl (C=O) groups is 1. The fourth-order valence-corrected chi connectivity index (χ4v) is 2.02. The van der Waals surface area contributed by atoms with E-state index in [9.17, 15) is 9.18 Å². The van der Waals surface area contributed by atoms with Gasteiger partial charge in [0.1, 0.15) is 11.6 Å². The molecule has 1 aromatic heterocycles. The molecular weight excluding hydrogens is 285 g/mol. The Morgan fingerprint density at radius 1 is 1.36 bits per heavy atom. The number of anilines is 1. The van der Waals surface area contributed by atoms with Crippen molar-refractivity contribution in [3.05, 3.63) is 41.0 Å². The van der Waals surface area contributed by atoms with Gasteiger partial charge in [0, 0.05) is 12.6 Å². The maximum atomic E-state index is 13.4. The van der Waals surface area contributed by atoms with E-state index in [0.717, 1.165) is 5.82 Å². The Balaban J connectivity index is 1.93. The summed E-state index contributed by atoms with van der Waals surface area (Å²) in [5, 5.41) is 9.42. The van der Waals surface area contributed by atoms with Crippen molar-refractivity contribution in [1.29, 1.82) is 0 Å². The van der Waals surface area contributed by atoms with Gasteiger partial charge >= 0.3 is 6.03 Å². The minimum Gasteiger partial charge on any atom is -0.334 e. The lowest BCUT2D eigenvalue weighted by Crippen LogP contribution is -2.28. The van der Waals surface area contributed by atoms with E-state index in [1.165, 1.54) is 6.07 Å². The maximum absolute atomic E-state index is 13.4. The zero-order valence-electron chi connectivity index (χ0n) is 13.1. The van der Waals surface area contributed by atoms with E-state index in [1.54, 1.807) is 23.7 Å². The molecule has 0 aliphatic carbocycles. The van der Waals surface area contributed by atoms with Crippen LogP contribution in [0.25, 0.3) is 0 Å². The first-order valence-electron chi connectivity index (χ1n) is 7.10. The number of hydrogen-bond acceptors (Lipinski definition) is 3. The molecule has 0 bridgehead atoms. The first-order chi connectivity index (χ1) is 10.4. The van der Waals surface area contributed by atoms with E-state index in [1.807, 2.05) is 20.8 Å². The average Bonchev–Trinajstić information content (AvgIpc) is 2.81. The molecule has 1 heterocycles. The third-order valence-electron chi connectivity index (χ3n) is 3.21. The van der Waals surface area contributed by atoms with Crippen LogP contribution in [0.2, 0.25) is 0 Å². The standard InChI is InChI=1S/C15H20FN5O/c1-9(2)21-11(4)18-14(20-21)19-15(22)17-8-12-6-5-10(3)13(16)7-12/h5-7,9H,8H2,1-4H3,(H2,17,19,20,22). The highest BCUT2D eigenvalue weighted by Gasteiger charge is 2.11. The molecule has 0 saturated heterocycles. The van der Waals surface area contributed by atoms with Crippen LogP contribution in [0.3, 0.4) is 0 Å². The van der Waals surface area contributed by atoms with Gasteiger partial charge in [-0.2, -0.15) is 4.98 Å². The van der Waals surface area contributed by atoms with Crippen molar-refractivity contribution in [3.8, 4) is 0 Å². The molecule has 0 radical (unpaired) electrons. The smallest absolute Gasteiger partial charge is 0.321 e. The number of nitrogens with zero attached hydrogens (tertiary/aromatic N) is 3. The number of aromatic nitrogens is 3. The molecule has 2 aromatic rings. The second kappa shape index (κ2) is 6.55. The predicted octanol–water partition coefficient (Wildman–Crippen LogP) is 2.94. The largest absolute Gasteiger partial charge is 0.334 e. The summed E-state index contributed by atoms with van der Waals surface area (Å²) in [5.41, 5.74) is 1.27. The number of aryl methyl sites for hydroxylation is 2. The zero-order valence-corrected chi connectivity index (χ0v) is 13.1. The number of urea groups is 1. The van der Waals surface area contributed by atoms with E-state index in [-0.39, 0.29) is 24.4 Å². The highest BCUT2D eigenvalue weighted by molar-refractivity contribution is 5.87. The van der Waals surface area contributed by atoms with E-state index in [2.05, 4.69) is 20.7 Å². The molecular formula is C15H20FN5O. The van der Waals surface area contributed by atoms with Crippen LogP contribution in [0.1, 0.15) is 36.8 Å². The van der Waals surface area contributed by atoms with Gasteiger partial charge in [-0.1, -0.05) is 12.1 Å². The zero-order chi connectivity index (χ0) is 16.3. The number of carbonyl (C=O) groups excluding carboxylic acids is 1. The number of rotatable bonds is 4. The number of halogens is 1. The minimum absolute atomic E-state index is 0.168. The van der Waals surface area contributed by atoms with Crippen molar-refractivity contribution in [2.24, 2.45) is 0 Å². The van der Waals surface area contributed by atoms with Crippen LogP contribution in [-0.4, -0.2) is 20.8 Å². The Labute approximate surface area is 128 Å². The van der Waals surface area contributed by atoms with E-state index in [4.69, 9.17) is 0 Å². The highest BCUT2D eigenvalue weighted by atomic mass is 19.1.